The number of hydrogen-bond donors (Lipinski definition) is 0. The highest BCUT2D eigenvalue weighted by molar-refractivity contribution is 5.86. The first-order valence-electron chi connectivity index (χ1n) is 8.47. The monoisotopic (exact) mass is 372 g/mol. The van der Waals surface area contributed by atoms with E-state index in [4.69, 9.17) is 23.7 Å². The molecule has 2 aliphatic heterocycles. The SMILES string of the molecule is O=C(OCc1cc(F)cc2c1O[C@H](c1ccccc1)OC2)C1=COCCO1. The van der Waals surface area contributed by atoms with Gasteiger partial charge >= 0.3 is 5.97 Å². The van der Waals surface area contributed by atoms with E-state index in [1.165, 1.54) is 18.4 Å². The Balaban J connectivity index is 1.53. The van der Waals surface area contributed by atoms with Gasteiger partial charge in [0, 0.05) is 16.7 Å². The van der Waals surface area contributed by atoms with E-state index in [0.717, 1.165) is 5.56 Å². The standard InChI is InChI=1S/C20H17FO6/c21-16-8-14(10-25-19(22)17-12-23-6-7-24-17)18-15(9-16)11-26-20(27-18)13-4-2-1-3-5-13/h1-5,8-9,12,20H,6-7,10-11H2/t20-/m1/s1. The number of halogens is 1. The van der Waals surface area contributed by atoms with Gasteiger partial charge in [-0.1, -0.05) is 30.3 Å². The normalized spacial score (nSPS) is 18.3. The first-order valence-corrected chi connectivity index (χ1v) is 8.47. The van der Waals surface area contributed by atoms with Crippen molar-refractivity contribution in [3.63, 3.8) is 0 Å². The second kappa shape index (κ2) is 7.67. The Kier molecular flexibility index (Phi) is 4.93. The molecule has 0 saturated carbocycles. The zero-order chi connectivity index (χ0) is 18.6. The van der Waals surface area contributed by atoms with Crippen LogP contribution in [0.2, 0.25) is 0 Å². The molecule has 7 heteroatoms. The molecule has 27 heavy (non-hydrogen) atoms. The van der Waals surface area contributed by atoms with Crippen LogP contribution in [0.4, 0.5) is 4.39 Å². The van der Waals surface area contributed by atoms with Crippen molar-refractivity contribution in [3.05, 3.63) is 77.0 Å². The molecule has 0 aliphatic carbocycles. The molecule has 0 aromatic heterocycles. The van der Waals surface area contributed by atoms with Crippen molar-refractivity contribution in [1.29, 1.82) is 0 Å². The number of esters is 1. The Morgan fingerprint density at radius 1 is 1.19 bits per heavy atom. The van der Waals surface area contributed by atoms with E-state index >= 15 is 0 Å². The third-order valence-electron chi connectivity index (χ3n) is 4.10. The lowest BCUT2D eigenvalue weighted by atomic mass is 10.1. The Morgan fingerprint density at radius 3 is 2.81 bits per heavy atom. The van der Waals surface area contributed by atoms with Crippen LogP contribution in [-0.2, 0) is 37.0 Å². The van der Waals surface area contributed by atoms with E-state index in [2.05, 4.69) is 0 Å². The van der Waals surface area contributed by atoms with Crippen molar-refractivity contribution in [2.75, 3.05) is 13.2 Å². The van der Waals surface area contributed by atoms with E-state index in [1.807, 2.05) is 30.3 Å². The zero-order valence-corrected chi connectivity index (χ0v) is 14.4. The number of hydrogen-bond acceptors (Lipinski definition) is 6. The highest BCUT2D eigenvalue weighted by Crippen LogP contribution is 2.36. The Bertz CT molecular complexity index is 864. The van der Waals surface area contributed by atoms with Crippen LogP contribution in [0.15, 0.2) is 54.5 Å². The van der Waals surface area contributed by atoms with Gasteiger partial charge in [0.25, 0.3) is 0 Å². The molecule has 2 aliphatic rings. The molecular weight excluding hydrogens is 355 g/mol. The van der Waals surface area contributed by atoms with Gasteiger partial charge in [0.15, 0.2) is 0 Å². The van der Waals surface area contributed by atoms with Crippen LogP contribution in [0.1, 0.15) is 23.0 Å². The number of benzene rings is 2. The summed E-state index contributed by atoms with van der Waals surface area (Å²) in [6, 6.07) is 12.0. The average molecular weight is 372 g/mol. The molecule has 0 radical (unpaired) electrons. The summed E-state index contributed by atoms with van der Waals surface area (Å²) in [4.78, 5) is 12.1. The van der Waals surface area contributed by atoms with E-state index in [9.17, 15) is 9.18 Å². The molecule has 0 saturated heterocycles. The fourth-order valence-corrected chi connectivity index (χ4v) is 2.85. The van der Waals surface area contributed by atoms with Crippen molar-refractivity contribution < 1.29 is 32.9 Å². The predicted octanol–water partition coefficient (Wildman–Crippen LogP) is 3.36. The van der Waals surface area contributed by atoms with E-state index in [0.29, 0.717) is 23.5 Å². The maximum absolute atomic E-state index is 13.9. The summed E-state index contributed by atoms with van der Waals surface area (Å²) in [6.45, 7) is 0.676. The van der Waals surface area contributed by atoms with Crippen molar-refractivity contribution in [2.24, 2.45) is 0 Å². The molecule has 4 rings (SSSR count). The fourth-order valence-electron chi connectivity index (χ4n) is 2.85. The number of ether oxygens (including phenoxy) is 5. The van der Waals surface area contributed by atoms with Crippen LogP contribution in [0, 0.1) is 5.82 Å². The third-order valence-corrected chi connectivity index (χ3v) is 4.10. The lowest BCUT2D eigenvalue weighted by Gasteiger charge is -2.28. The van der Waals surface area contributed by atoms with Crippen LogP contribution in [0.25, 0.3) is 0 Å². The molecule has 0 amide bonds. The van der Waals surface area contributed by atoms with Crippen LogP contribution in [0.5, 0.6) is 5.75 Å². The van der Waals surface area contributed by atoms with Crippen LogP contribution in [-0.4, -0.2) is 19.2 Å². The molecule has 1 atom stereocenters. The summed E-state index contributed by atoms with van der Waals surface area (Å²) in [5.74, 6) is -0.696. The van der Waals surface area contributed by atoms with E-state index in [1.54, 1.807) is 0 Å². The molecule has 0 bridgehead atoms. The molecule has 2 heterocycles. The van der Waals surface area contributed by atoms with Crippen molar-refractivity contribution in [1.82, 2.24) is 0 Å². The molecular formula is C20H17FO6. The van der Waals surface area contributed by atoms with Crippen molar-refractivity contribution in [3.8, 4) is 5.75 Å². The number of fused-ring (bicyclic) bond motifs is 1. The molecule has 140 valence electrons. The Labute approximate surface area is 155 Å². The summed E-state index contributed by atoms with van der Waals surface area (Å²) in [6.07, 6.45) is 0.597. The van der Waals surface area contributed by atoms with E-state index < -0.39 is 18.1 Å². The third kappa shape index (κ3) is 3.88. The molecule has 2 aromatic carbocycles. The van der Waals surface area contributed by atoms with Gasteiger partial charge in [-0.25, -0.2) is 9.18 Å². The fraction of sp³-hybridized carbons (Fsp3) is 0.250. The minimum atomic E-state index is -0.681. The van der Waals surface area contributed by atoms with Crippen LogP contribution in [0.3, 0.4) is 0 Å². The number of carbonyl (C=O) groups is 1. The predicted molar refractivity (Wildman–Crippen MR) is 90.8 cm³/mol. The van der Waals surface area contributed by atoms with Gasteiger partial charge in [0.05, 0.1) is 6.61 Å². The molecule has 6 nitrogen and oxygen atoms in total. The van der Waals surface area contributed by atoms with Gasteiger partial charge in [-0.2, -0.15) is 0 Å². The maximum Gasteiger partial charge on any atom is 0.377 e. The van der Waals surface area contributed by atoms with E-state index in [-0.39, 0.29) is 25.6 Å². The lowest BCUT2D eigenvalue weighted by molar-refractivity contribution is -0.146. The smallest absolute Gasteiger partial charge is 0.377 e. The summed E-state index contributed by atoms with van der Waals surface area (Å²) in [5, 5.41) is 0. The molecule has 0 fully saturated rings. The van der Waals surface area contributed by atoms with Gasteiger partial charge in [0.1, 0.15) is 37.6 Å². The number of carbonyl (C=O) groups excluding carboxylic acids is 1. The van der Waals surface area contributed by atoms with Gasteiger partial charge in [-0.05, 0) is 12.1 Å². The van der Waals surface area contributed by atoms with Crippen molar-refractivity contribution in [2.45, 2.75) is 19.5 Å². The summed E-state index contributed by atoms with van der Waals surface area (Å²) >= 11 is 0. The first-order chi connectivity index (χ1) is 13.2. The molecule has 0 spiro atoms. The Hall–Kier alpha value is -3.06. The van der Waals surface area contributed by atoms with Gasteiger partial charge in [-0.3, -0.25) is 0 Å². The Morgan fingerprint density at radius 2 is 2.04 bits per heavy atom. The maximum atomic E-state index is 13.9. The van der Waals surface area contributed by atoms with Crippen LogP contribution >= 0.6 is 0 Å². The average Bonchev–Trinajstić information content (AvgIpc) is 2.72. The number of rotatable bonds is 4. The highest BCUT2D eigenvalue weighted by atomic mass is 19.1. The van der Waals surface area contributed by atoms with Crippen LogP contribution < -0.4 is 4.74 Å². The van der Waals surface area contributed by atoms with Gasteiger partial charge in [-0.15, -0.1) is 0 Å². The lowest BCUT2D eigenvalue weighted by Crippen LogP contribution is -2.20. The second-order valence-electron chi connectivity index (χ2n) is 6.00. The highest BCUT2D eigenvalue weighted by Gasteiger charge is 2.26. The summed E-state index contributed by atoms with van der Waals surface area (Å²) < 4.78 is 41.0. The molecule has 0 N–H and O–H groups in total. The van der Waals surface area contributed by atoms with Gasteiger partial charge in [0.2, 0.25) is 12.0 Å². The summed E-state index contributed by atoms with van der Waals surface area (Å²) in [7, 11) is 0. The molecule has 2 aromatic rings. The summed E-state index contributed by atoms with van der Waals surface area (Å²) in [5.41, 5.74) is 1.82. The first kappa shape index (κ1) is 17.4. The topological polar surface area (TPSA) is 63.2 Å². The minimum Gasteiger partial charge on any atom is -0.493 e. The van der Waals surface area contributed by atoms with Gasteiger partial charge < -0.3 is 23.7 Å². The minimum absolute atomic E-state index is 0.0158. The quantitative estimate of drug-likeness (QED) is 0.767. The zero-order valence-electron chi connectivity index (χ0n) is 14.4. The largest absolute Gasteiger partial charge is 0.493 e. The molecule has 0 unspecified atom stereocenters. The second-order valence-corrected chi connectivity index (χ2v) is 6.00. The van der Waals surface area contributed by atoms with Crippen molar-refractivity contribution >= 4 is 5.97 Å².